The zero-order chi connectivity index (χ0) is 18.0. The van der Waals surface area contributed by atoms with Crippen LogP contribution in [0.3, 0.4) is 0 Å². The van der Waals surface area contributed by atoms with Crippen LogP contribution in [0.5, 0.6) is 5.75 Å². The highest BCUT2D eigenvalue weighted by atomic mass is 19.4. The summed E-state index contributed by atoms with van der Waals surface area (Å²) in [6.07, 6.45) is -4.92. The predicted octanol–water partition coefficient (Wildman–Crippen LogP) is 3.84. The third-order valence-corrected chi connectivity index (χ3v) is 4.65. The van der Waals surface area contributed by atoms with E-state index in [-0.39, 0.29) is 5.92 Å². The van der Waals surface area contributed by atoms with Crippen molar-refractivity contribution < 1.29 is 28.1 Å². The van der Waals surface area contributed by atoms with E-state index in [2.05, 4.69) is 0 Å². The van der Waals surface area contributed by atoms with Crippen LogP contribution in [0.25, 0.3) is 0 Å². The van der Waals surface area contributed by atoms with Crippen molar-refractivity contribution in [2.75, 3.05) is 13.7 Å². The van der Waals surface area contributed by atoms with Crippen molar-refractivity contribution in [3.05, 3.63) is 29.3 Å². The molecule has 0 aliphatic rings. The van der Waals surface area contributed by atoms with Gasteiger partial charge in [-0.15, -0.1) is 0 Å². The maximum absolute atomic E-state index is 13.1. The summed E-state index contributed by atoms with van der Waals surface area (Å²) in [5, 5.41) is 19.1. The first kappa shape index (κ1) is 19.8. The molecular weight excluding hydrogens is 309 g/mol. The Labute approximate surface area is 135 Å². The Morgan fingerprint density at radius 3 is 2.09 bits per heavy atom. The van der Waals surface area contributed by atoms with Gasteiger partial charge in [-0.05, 0) is 29.0 Å². The first-order chi connectivity index (χ1) is 10.5. The Balaban J connectivity index is 3.25. The number of ether oxygens (including phenoxy) is 1. The highest BCUT2D eigenvalue weighted by Gasteiger charge is 2.58. The first-order valence-corrected chi connectivity index (χ1v) is 7.57. The van der Waals surface area contributed by atoms with Crippen LogP contribution in [0.1, 0.15) is 50.7 Å². The first-order valence-electron chi connectivity index (χ1n) is 7.57. The zero-order valence-electron chi connectivity index (χ0n) is 14.1. The average Bonchev–Trinajstić information content (AvgIpc) is 2.50. The van der Waals surface area contributed by atoms with Crippen molar-refractivity contribution in [1.82, 2.24) is 0 Å². The van der Waals surface area contributed by atoms with Gasteiger partial charge in [0.1, 0.15) is 5.75 Å². The fraction of sp³-hybridized carbons (Fsp3) is 0.647. The lowest BCUT2D eigenvalue weighted by Gasteiger charge is -2.37. The summed E-state index contributed by atoms with van der Waals surface area (Å²) in [7, 11) is 1.46. The van der Waals surface area contributed by atoms with Crippen LogP contribution in [-0.4, -0.2) is 35.7 Å². The van der Waals surface area contributed by atoms with Gasteiger partial charge >= 0.3 is 6.18 Å². The van der Waals surface area contributed by atoms with Crippen LogP contribution < -0.4 is 4.74 Å². The van der Waals surface area contributed by atoms with Gasteiger partial charge in [-0.3, -0.25) is 0 Å². The topological polar surface area (TPSA) is 49.7 Å². The van der Waals surface area contributed by atoms with Gasteiger partial charge in [0.2, 0.25) is 0 Å². The van der Waals surface area contributed by atoms with Crippen LogP contribution in [-0.2, 0) is 0 Å². The van der Waals surface area contributed by atoms with Crippen LogP contribution in [0.4, 0.5) is 13.2 Å². The number of aliphatic hydroxyl groups excluding tert-OH is 1. The van der Waals surface area contributed by atoms with E-state index in [1.165, 1.54) is 14.0 Å². The molecule has 0 heterocycles. The van der Waals surface area contributed by atoms with E-state index in [0.717, 1.165) is 5.56 Å². The molecule has 0 aliphatic heterocycles. The monoisotopic (exact) mass is 334 g/mol. The highest BCUT2D eigenvalue weighted by molar-refractivity contribution is 5.41. The van der Waals surface area contributed by atoms with E-state index in [9.17, 15) is 18.3 Å². The molecule has 3 nitrogen and oxygen atoms in total. The van der Waals surface area contributed by atoms with E-state index in [0.29, 0.717) is 11.3 Å². The van der Waals surface area contributed by atoms with Crippen molar-refractivity contribution in [2.24, 2.45) is 5.92 Å². The third kappa shape index (κ3) is 3.80. The molecule has 3 unspecified atom stereocenters. The molecule has 0 fully saturated rings. The zero-order valence-corrected chi connectivity index (χ0v) is 14.1. The highest BCUT2D eigenvalue weighted by Crippen LogP contribution is 2.44. The Kier molecular flexibility index (Phi) is 6.10. The summed E-state index contributed by atoms with van der Waals surface area (Å²) in [6, 6.07) is 5.37. The van der Waals surface area contributed by atoms with Gasteiger partial charge in [0, 0.05) is 5.92 Å². The molecule has 1 aromatic carbocycles. The smallest absolute Gasteiger partial charge is 0.419 e. The number of rotatable bonds is 6. The summed E-state index contributed by atoms with van der Waals surface area (Å²) < 4.78 is 44.7. The Morgan fingerprint density at radius 1 is 1.13 bits per heavy atom. The molecule has 0 aromatic heterocycles. The normalized spacial score (nSPS) is 17.7. The number of halogens is 3. The molecule has 0 amide bonds. The Bertz CT molecular complexity index is 528. The van der Waals surface area contributed by atoms with E-state index >= 15 is 0 Å². The molecule has 1 rings (SSSR count). The molecule has 0 bridgehead atoms. The summed E-state index contributed by atoms with van der Waals surface area (Å²) in [4.78, 5) is 0. The minimum absolute atomic E-state index is 0.259. The van der Waals surface area contributed by atoms with Gasteiger partial charge < -0.3 is 14.9 Å². The SMILES string of the molecule is COc1cc(C(C)C)ccc1C(C)C(C)C(O)(CO)C(F)(F)F. The van der Waals surface area contributed by atoms with Gasteiger partial charge in [0.15, 0.2) is 5.60 Å². The molecular formula is C17H25F3O3. The largest absolute Gasteiger partial charge is 0.496 e. The van der Waals surface area contributed by atoms with Gasteiger partial charge in [-0.2, -0.15) is 13.2 Å². The second kappa shape index (κ2) is 7.09. The lowest BCUT2D eigenvalue weighted by molar-refractivity contribution is -0.290. The second-order valence-electron chi connectivity index (χ2n) is 6.31. The molecule has 0 aliphatic carbocycles. The van der Waals surface area contributed by atoms with E-state index < -0.39 is 30.2 Å². The predicted molar refractivity (Wildman–Crippen MR) is 82.8 cm³/mol. The van der Waals surface area contributed by atoms with Crippen molar-refractivity contribution in [3.63, 3.8) is 0 Å². The quantitative estimate of drug-likeness (QED) is 0.831. The Morgan fingerprint density at radius 2 is 1.70 bits per heavy atom. The summed E-state index contributed by atoms with van der Waals surface area (Å²) in [5.74, 6) is -1.16. The molecule has 3 atom stereocenters. The van der Waals surface area contributed by atoms with Crippen LogP contribution in [0.15, 0.2) is 18.2 Å². The molecule has 0 saturated heterocycles. The number of methoxy groups -OCH3 is 1. The third-order valence-electron chi connectivity index (χ3n) is 4.65. The standard InChI is InChI=1S/C17H25F3O3/c1-10(2)13-6-7-14(15(8-13)23-5)11(3)12(4)16(22,9-21)17(18,19)20/h6-8,10-12,21-22H,9H2,1-5H3. The number of hydrogen-bond acceptors (Lipinski definition) is 3. The fourth-order valence-corrected chi connectivity index (χ4v) is 2.64. The van der Waals surface area contributed by atoms with Gasteiger partial charge in [0.25, 0.3) is 0 Å². The van der Waals surface area contributed by atoms with Crippen molar-refractivity contribution in [3.8, 4) is 5.75 Å². The molecule has 0 radical (unpaired) electrons. The van der Waals surface area contributed by atoms with E-state index in [1.807, 2.05) is 19.9 Å². The fourth-order valence-electron chi connectivity index (χ4n) is 2.64. The number of benzene rings is 1. The van der Waals surface area contributed by atoms with Gasteiger partial charge in [0.05, 0.1) is 13.7 Å². The van der Waals surface area contributed by atoms with E-state index in [4.69, 9.17) is 9.84 Å². The number of aliphatic hydroxyl groups is 2. The van der Waals surface area contributed by atoms with Crippen molar-refractivity contribution >= 4 is 0 Å². The molecule has 23 heavy (non-hydrogen) atoms. The summed E-state index contributed by atoms with van der Waals surface area (Å²) in [6.45, 7) is 5.51. The number of alkyl halides is 3. The molecule has 6 heteroatoms. The van der Waals surface area contributed by atoms with Crippen LogP contribution >= 0.6 is 0 Å². The van der Waals surface area contributed by atoms with Crippen molar-refractivity contribution in [2.45, 2.75) is 51.3 Å². The van der Waals surface area contributed by atoms with Crippen LogP contribution in [0, 0.1) is 5.92 Å². The minimum Gasteiger partial charge on any atom is -0.496 e. The second-order valence-corrected chi connectivity index (χ2v) is 6.31. The number of hydrogen-bond donors (Lipinski definition) is 2. The van der Waals surface area contributed by atoms with Crippen molar-refractivity contribution in [1.29, 1.82) is 0 Å². The lowest BCUT2D eigenvalue weighted by atomic mass is 9.76. The van der Waals surface area contributed by atoms with E-state index in [1.54, 1.807) is 19.1 Å². The summed E-state index contributed by atoms with van der Waals surface area (Å²) in [5.41, 5.74) is -1.58. The molecule has 0 spiro atoms. The van der Waals surface area contributed by atoms with Gasteiger partial charge in [-0.25, -0.2) is 0 Å². The lowest BCUT2D eigenvalue weighted by Crippen LogP contribution is -2.54. The van der Waals surface area contributed by atoms with Crippen LogP contribution in [0.2, 0.25) is 0 Å². The van der Waals surface area contributed by atoms with Gasteiger partial charge in [-0.1, -0.05) is 39.8 Å². The molecule has 2 N–H and O–H groups in total. The molecule has 132 valence electrons. The Hall–Kier alpha value is -1.27. The average molecular weight is 334 g/mol. The minimum atomic E-state index is -4.92. The maximum Gasteiger partial charge on any atom is 0.419 e. The molecule has 0 saturated carbocycles. The maximum atomic E-state index is 13.1. The summed E-state index contributed by atoms with van der Waals surface area (Å²) >= 11 is 0. The molecule has 1 aromatic rings.